The number of halogens is 5. The number of rotatable bonds is 3. The van der Waals surface area contributed by atoms with Crippen LogP contribution in [0.5, 0.6) is 0 Å². The molecular weight excluding hydrogens is 436 g/mol. The molecular formula is C22H19Cl2F3N2O. The highest BCUT2D eigenvalue weighted by Crippen LogP contribution is 2.49. The van der Waals surface area contributed by atoms with Crippen molar-refractivity contribution in [2.45, 2.75) is 43.8 Å². The van der Waals surface area contributed by atoms with Gasteiger partial charge >= 0.3 is 6.18 Å². The maximum absolute atomic E-state index is 14.2. The molecule has 4 rings (SSSR count). The number of hydrogen-bond acceptors (Lipinski definition) is 2. The minimum Gasteiger partial charge on any atom is -0.350 e. The van der Waals surface area contributed by atoms with Crippen molar-refractivity contribution in [3.63, 3.8) is 0 Å². The number of carbonyl (C=O) groups is 1. The van der Waals surface area contributed by atoms with Gasteiger partial charge in [0.05, 0.1) is 12.6 Å². The highest BCUT2D eigenvalue weighted by atomic mass is 35.5. The Balaban J connectivity index is 1.66. The van der Waals surface area contributed by atoms with Crippen LogP contribution in [0.2, 0.25) is 10.0 Å². The predicted molar refractivity (Wildman–Crippen MR) is 112 cm³/mol. The van der Waals surface area contributed by atoms with Crippen LogP contribution in [0, 0.1) is 0 Å². The fourth-order valence-electron chi connectivity index (χ4n) is 4.39. The second-order valence-electron chi connectivity index (χ2n) is 7.88. The summed E-state index contributed by atoms with van der Waals surface area (Å²) in [6.07, 6.45) is -3.26. The van der Waals surface area contributed by atoms with Gasteiger partial charge in [-0.3, -0.25) is 9.79 Å². The normalized spacial score (nSPS) is 23.3. The molecule has 2 aliphatic rings. The van der Waals surface area contributed by atoms with E-state index in [9.17, 15) is 18.0 Å². The molecule has 158 valence electrons. The van der Waals surface area contributed by atoms with E-state index in [0.717, 1.165) is 24.0 Å². The third-order valence-electron chi connectivity index (χ3n) is 5.90. The average Bonchev–Trinajstić information content (AvgIpc) is 3.25. The Kier molecular flexibility index (Phi) is 5.35. The molecule has 0 bridgehead atoms. The number of amides is 1. The van der Waals surface area contributed by atoms with Gasteiger partial charge in [-0.25, -0.2) is 0 Å². The van der Waals surface area contributed by atoms with Crippen molar-refractivity contribution in [1.29, 1.82) is 0 Å². The lowest BCUT2D eigenvalue weighted by molar-refractivity contribution is -0.183. The molecule has 0 spiro atoms. The van der Waals surface area contributed by atoms with Crippen molar-refractivity contribution in [1.82, 2.24) is 5.32 Å². The van der Waals surface area contributed by atoms with E-state index < -0.39 is 18.1 Å². The van der Waals surface area contributed by atoms with Gasteiger partial charge in [-0.2, -0.15) is 13.2 Å². The molecule has 2 atom stereocenters. The number of aryl methyl sites for hydroxylation is 1. The van der Waals surface area contributed by atoms with Crippen LogP contribution in [-0.4, -0.2) is 24.3 Å². The van der Waals surface area contributed by atoms with Crippen LogP contribution in [0.25, 0.3) is 0 Å². The lowest BCUT2D eigenvalue weighted by Gasteiger charge is -2.31. The zero-order valence-electron chi connectivity index (χ0n) is 16.1. The van der Waals surface area contributed by atoms with Crippen LogP contribution >= 0.6 is 23.2 Å². The smallest absolute Gasteiger partial charge is 0.350 e. The minimum atomic E-state index is -4.51. The summed E-state index contributed by atoms with van der Waals surface area (Å²) in [5, 5.41) is 3.24. The highest BCUT2D eigenvalue weighted by molar-refractivity contribution is 6.34. The second kappa shape index (κ2) is 7.57. The minimum absolute atomic E-state index is 0.0260. The molecule has 0 radical (unpaired) electrons. The van der Waals surface area contributed by atoms with E-state index in [0.29, 0.717) is 11.3 Å². The summed E-state index contributed by atoms with van der Waals surface area (Å²) in [6.45, 7) is 1.06. The lowest BCUT2D eigenvalue weighted by Crippen LogP contribution is -2.43. The van der Waals surface area contributed by atoms with Crippen LogP contribution in [0.1, 0.15) is 48.1 Å². The zero-order chi connectivity index (χ0) is 21.7. The molecule has 0 saturated heterocycles. The van der Waals surface area contributed by atoms with Crippen molar-refractivity contribution in [3.05, 3.63) is 68.7 Å². The Morgan fingerprint density at radius 3 is 2.50 bits per heavy atom. The Labute approximate surface area is 182 Å². The molecule has 2 aromatic rings. The maximum Gasteiger partial charge on any atom is 0.400 e. The fourth-order valence-corrected chi connectivity index (χ4v) is 4.92. The van der Waals surface area contributed by atoms with Gasteiger partial charge in [-0.05, 0) is 59.4 Å². The molecule has 0 aromatic heterocycles. The first-order chi connectivity index (χ1) is 14.1. The summed E-state index contributed by atoms with van der Waals surface area (Å²) in [4.78, 5) is 15.7. The topological polar surface area (TPSA) is 41.5 Å². The Hall–Kier alpha value is -2.05. The van der Waals surface area contributed by atoms with E-state index in [2.05, 4.69) is 10.3 Å². The van der Waals surface area contributed by atoms with Gasteiger partial charge in [0.15, 0.2) is 0 Å². The van der Waals surface area contributed by atoms with Crippen LogP contribution < -0.4 is 5.32 Å². The number of alkyl halides is 3. The lowest BCUT2D eigenvalue weighted by atomic mass is 9.76. The molecule has 1 amide bonds. The number of aliphatic imine (C=N–C) groups is 1. The molecule has 30 heavy (non-hydrogen) atoms. The van der Waals surface area contributed by atoms with Crippen LogP contribution in [0.3, 0.4) is 0 Å². The van der Waals surface area contributed by atoms with Crippen LogP contribution in [-0.2, 0) is 16.6 Å². The Bertz CT molecular complexity index is 1030. The molecule has 2 unspecified atom stereocenters. The third kappa shape index (κ3) is 3.71. The second-order valence-corrected chi connectivity index (χ2v) is 8.76. The highest BCUT2D eigenvalue weighted by Gasteiger charge is 2.58. The molecule has 1 aliphatic carbocycles. The number of benzene rings is 2. The van der Waals surface area contributed by atoms with Gasteiger partial charge in [0, 0.05) is 29.1 Å². The Morgan fingerprint density at radius 1 is 1.17 bits per heavy atom. The van der Waals surface area contributed by atoms with Crippen molar-refractivity contribution in [2.75, 3.05) is 6.54 Å². The molecule has 1 heterocycles. The van der Waals surface area contributed by atoms with Crippen molar-refractivity contribution < 1.29 is 18.0 Å². The van der Waals surface area contributed by atoms with Crippen LogP contribution in [0.4, 0.5) is 13.2 Å². The quantitative estimate of drug-likeness (QED) is 0.624. The number of hydrogen-bond donors (Lipinski definition) is 1. The standard InChI is InChI=1S/C22H19Cl2F3N2O/c1-12(30)29-19-5-3-13-6-14(2-4-18(13)19)20-10-21(11-28-20,22(25,26)27)15-7-16(23)9-17(24)8-15/h2,4,6-9,19H,3,5,10-11H2,1H3,(H,29,30). The summed E-state index contributed by atoms with van der Waals surface area (Å²) < 4.78 is 42.7. The van der Waals surface area contributed by atoms with E-state index in [1.54, 1.807) is 6.07 Å². The van der Waals surface area contributed by atoms with Gasteiger partial charge in [-0.15, -0.1) is 0 Å². The summed E-state index contributed by atoms with van der Waals surface area (Å²) in [5.74, 6) is -0.104. The molecule has 3 nitrogen and oxygen atoms in total. The molecule has 2 aromatic carbocycles. The van der Waals surface area contributed by atoms with E-state index in [1.807, 2.05) is 12.1 Å². The van der Waals surface area contributed by atoms with Gasteiger partial charge in [-0.1, -0.05) is 35.3 Å². The molecule has 1 N–H and O–H groups in total. The number of nitrogens with zero attached hydrogens (tertiary/aromatic N) is 1. The first-order valence-electron chi connectivity index (χ1n) is 9.56. The van der Waals surface area contributed by atoms with Gasteiger partial charge in [0.2, 0.25) is 5.91 Å². The number of fused-ring (bicyclic) bond motifs is 1. The fraction of sp³-hybridized carbons (Fsp3) is 0.364. The number of carbonyl (C=O) groups excluding carboxylic acids is 1. The predicted octanol–water partition coefficient (Wildman–Crippen LogP) is 5.81. The monoisotopic (exact) mass is 454 g/mol. The Morgan fingerprint density at radius 2 is 1.87 bits per heavy atom. The summed E-state index contributed by atoms with van der Waals surface area (Å²) in [5.41, 5.74) is 0.999. The van der Waals surface area contributed by atoms with Crippen LogP contribution in [0.15, 0.2) is 41.4 Å². The van der Waals surface area contributed by atoms with Gasteiger partial charge in [0.25, 0.3) is 0 Å². The first-order valence-corrected chi connectivity index (χ1v) is 10.3. The molecule has 0 saturated carbocycles. The van der Waals surface area contributed by atoms with Crippen molar-refractivity contribution in [2.24, 2.45) is 4.99 Å². The average molecular weight is 455 g/mol. The van der Waals surface area contributed by atoms with Crippen molar-refractivity contribution >= 4 is 34.8 Å². The molecule has 8 heteroatoms. The maximum atomic E-state index is 14.2. The number of nitrogens with one attached hydrogen (secondary N) is 1. The van der Waals surface area contributed by atoms with E-state index >= 15 is 0 Å². The summed E-state index contributed by atoms with van der Waals surface area (Å²) in [7, 11) is 0. The molecule has 1 aliphatic heterocycles. The van der Waals surface area contributed by atoms with E-state index in [1.165, 1.54) is 25.1 Å². The van der Waals surface area contributed by atoms with Crippen molar-refractivity contribution in [3.8, 4) is 0 Å². The van der Waals surface area contributed by atoms with E-state index in [4.69, 9.17) is 23.2 Å². The summed E-state index contributed by atoms with van der Waals surface area (Å²) >= 11 is 12.0. The zero-order valence-corrected chi connectivity index (χ0v) is 17.6. The largest absolute Gasteiger partial charge is 0.400 e. The SMILES string of the molecule is CC(=O)NC1CCc2cc(C3=NCC(c4cc(Cl)cc(Cl)c4)(C(F)(F)F)C3)ccc21. The van der Waals surface area contributed by atoms with Gasteiger partial charge in [0.1, 0.15) is 5.41 Å². The third-order valence-corrected chi connectivity index (χ3v) is 6.33. The van der Waals surface area contributed by atoms with Gasteiger partial charge < -0.3 is 5.32 Å². The van der Waals surface area contributed by atoms with E-state index in [-0.39, 0.29) is 34.0 Å². The first kappa shape index (κ1) is 21.2. The summed E-state index contributed by atoms with van der Waals surface area (Å²) in [6, 6.07) is 9.56. The molecule has 0 fully saturated rings.